The Bertz CT molecular complexity index is 1290. The molecule has 2 aromatic heterocycles. The number of nitrogens with zero attached hydrogens (tertiary/aromatic N) is 4. The Labute approximate surface area is 202 Å². The number of aliphatic hydroxyl groups is 1. The molecule has 1 fully saturated rings. The minimum atomic E-state index is -4.85. The molecule has 4 rings (SSSR count). The summed E-state index contributed by atoms with van der Waals surface area (Å²) in [6.07, 6.45) is -5.44. The number of ether oxygens (including phenoxy) is 1. The van der Waals surface area contributed by atoms with Crippen molar-refractivity contribution in [2.75, 3.05) is 17.8 Å². The highest BCUT2D eigenvalue weighted by atomic mass is 35.5. The van der Waals surface area contributed by atoms with Crippen LogP contribution in [0.2, 0.25) is 5.28 Å². The number of nitrogens with one attached hydrogen (secondary N) is 1. The largest absolute Gasteiger partial charge is 0.387 e. The van der Waals surface area contributed by atoms with Crippen LogP contribution in [-0.2, 0) is 24.9 Å². The minimum Gasteiger partial charge on any atom is -0.387 e. The van der Waals surface area contributed by atoms with Gasteiger partial charge >= 0.3 is 15.2 Å². The Kier molecular flexibility index (Phi) is 7.58. The summed E-state index contributed by atoms with van der Waals surface area (Å²) >= 11 is 6.06. The summed E-state index contributed by atoms with van der Waals surface area (Å²) in [5, 5.41) is 13.2. The van der Waals surface area contributed by atoms with Crippen LogP contribution in [0.25, 0.3) is 11.2 Å². The molecule has 0 amide bonds. The van der Waals surface area contributed by atoms with Crippen LogP contribution in [-0.4, -0.2) is 70.2 Å². The van der Waals surface area contributed by atoms with E-state index < -0.39 is 52.3 Å². The molecule has 35 heavy (non-hydrogen) atoms. The zero-order valence-electron chi connectivity index (χ0n) is 17.8. The van der Waals surface area contributed by atoms with E-state index in [1.165, 1.54) is 10.9 Å². The molecule has 5 N–H and O–H groups in total. The number of rotatable bonds is 9. The third kappa shape index (κ3) is 6.23. The molecule has 0 radical (unpaired) electrons. The first kappa shape index (κ1) is 26.1. The lowest BCUT2D eigenvalue weighted by Crippen LogP contribution is -2.31. The van der Waals surface area contributed by atoms with Gasteiger partial charge in [-0.15, -0.1) is 0 Å². The van der Waals surface area contributed by atoms with E-state index in [1.54, 1.807) is 0 Å². The highest BCUT2D eigenvalue weighted by molar-refractivity contribution is 7.70. The molecule has 1 aliphatic rings. The first-order valence-corrected chi connectivity index (χ1v) is 14.0. The predicted molar refractivity (Wildman–Crippen MR) is 122 cm³/mol. The van der Waals surface area contributed by atoms with Crippen LogP contribution >= 0.6 is 26.8 Å². The van der Waals surface area contributed by atoms with Crippen molar-refractivity contribution in [2.45, 2.75) is 31.2 Å². The summed E-state index contributed by atoms with van der Waals surface area (Å²) in [5.41, 5.74) is 1.33. The van der Waals surface area contributed by atoms with Crippen LogP contribution < -0.4 is 5.32 Å². The maximum absolute atomic E-state index is 15.0. The fourth-order valence-electron chi connectivity index (χ4n) is 3.51. The Morgan fingerprint density at radius 1 is 1.20 bits per heavy atom. The highest BCUT2D eigenvalue weighted by Crippen LogP contribution is 2.55. The minimum absolute atomic E-state index is 0.108. The molecule has 17 heteroatoms. The van der Waals surface area contributed by atoms with Gasteiger partial charge in [0.2, 0.25) is 5.28 Å². The molecule has 3 aromatic rings. The molecule has 0 spiro atoms. The standard InChI is InChI=1S/C18H21ClFN5O8P2/c19-18-23-15(21-6-10-4-2-1-3-5-10)13-16(24-18)25(8-22-13)17-12(20)14(26)11(33-17)7-32-35(30,31)9-34(27,28)29/h1-5,8,11-12,14,17,26H,6-7,9H2,(H,30,31)(H,21,23,24)(H2,27,28,29)/t11-,12+,14-,17-/m1/s1. The van der Waals surface area contributed by atoms with Gasteiger partial charge in [-0.1, -0.05) is 30.3 Å². The van der Waals surface area contributed by atoms with E-state index in [1.807, 2.05) is 30.3 Å². The van der Waals surface area contributed by atoms with E-state index in [-0.39, 0.29) is 22.3 Å². The average molecular weight is 552 g/mol. The molecule has 13 nitrogen and oxygen atoms in total. The topological polar surface area (TPSA) is 189 Å². The van der Waals surface area contributed by atoms with Gasteiger partial charge in [-0.25, -0.2) is 9.37 Å². The molecular formula is C18H21ClFN5O8P2. The number of hydrogen-bond acceptors (Lipinski definition) is 9. The molecule has 3 heterocycles. The molecule has 0 aliphatic carbocycles. The maximum Gasteiger partial charge on any atom is 0.340 e. The van der Waals surface area contributed by atoms with Crippen molar-refractivity contribution in [2.24, 2.45) is 0 Å². The smallest absolute Gasteiger partial charge is 0.340 e. The summed E-state index contributed by atoms with van der Waals surface area (Å²) in [6.45, 7) is -0.395. The van der Waals surface area contributed by atoms with Crippen molar-refractivity contribution < 1.29 is 42.6 Å². The van der Waals surface area contributed by atoms with E-state index in [0.29, 0.717) is 6.54 Å². The van der Waals surface area contributed by atoms with E-state index in [9.17, 15) is 23.5 Å². The predicted octanol–water partition coefficient (Wildman–Crippen LogP) is 2.03. The quantitative estimate of drug-likeness (QED) is 0.192. The van der Waals surface area contributed by atoms with E-state index >= 15 is 0 Å². The van der Waals surface area contributed by atoms with Gasteiger partial charge in [0.05, 0.1) is 12.9 Å². The lowest BCUT2D eigenvalue weighted by atomic mass is 10.1. The summed E-state index contributed by atoms with van der Waals surface area (Å²) in [7, 11) is -9.57. The van der Waals surface area contributed by atoms with Gasteiger partial charge in [-0.05, 0) is 17.2 Å². The number of aliphatic hydroxyl groups excluding tert-OH is 1. The molecular weight excluding hydrogens is 531 g/mol. The second-order valence-corrected chi connectivity index (χ2v) is 12.1. The SMILES string of the molecule is O=P(O)(O)CP(=O)(O)OC[C@H]1O[C@@H](n2cnc3c(NCc4ccccc4)nc(Cl)nc32)[C@@H](F)[C@@H]1O. The van der Waals surface area contributed by atoms with E-state index in [4.69, 9.17) is 26.1 Å². The van der Waals surface area contributed by atoms with Gasteiger partial charge in [0, 0.05) is 6.54 Å². The first-order valence-electron chi connectivity index (χ1n) is 10.1. The number of halogens is 2. The normalized spacial score (nSPS) is 24.5. The summed E-state index contributed by atoms with van der Waals surface area (Å²) in [4.78, 5) is 39.8. The van der Waals surface area contributed by atoms with Crippen LogP contribution in [0.1, 0.15) is 11.8 Å². The molecule has 1 saturated heterocycles. The molecule has 1 aliphatic heterocycles. The number of fused-ring (bicyclic) bond motifs is 1. The van der Waals surface area contributed by atoms with Gasteiger partial charge in [-0.3, -0.25) is 13.7 Å². The van der Waals surface area contributed by atoms with Crippen LogP contribution in [0.15, 0.2) is 36.7 Å². The fraction of sp³-hybridized carbons (Fsp3) is 0.389. The van der Waals surface area contributed by atoms with Crippen LogP contribution in [0.3, 0.4) is 0 Å². The number of benzene rings is 1. The van der Waals surface area contributed by atoms with Crippen LogP contribution in [0, 0.1) is 0 Å². The van der Waals surface area contributed by atoms with Crippen molar-refractivity contribution in [3.8, 4) is 0 Å². The maximum atomic E-state index is 15.0. The van der Waals surface area contributed by atoms with Gasteiger partial charge in [0.25, 0.3) is 0 Å². The Hall–Kier alpha value is -1.99. The molecule has 190 valence electrons. The molecule has 1 aromatic carbocycles. The number of imidazole rings is 1. The second kappa shape index (κ2) is 10.2. The molecule has 0 saturated carbocycles. The van der Waals surface area contributed by atoms with Gasteiger partial charge in [-0.2, -0.15) is 9.97 Å². The molecule has 1 unspecified atom stereocenters. The van der Waals surface area contributed by atoms with E-state index in [0.717, 1.165) is 5.56 Å². The van der Waals surface area contributed by atoms with E-state index in [2.05, 4.69) is 24.8 Å². The third-order valence-electron chi connectivity index (χ3n) is 5.07. The van der Waals surface area contributed by atoms with Crippen molar-refractivity contribution in [1.29, 1.82) is 0 Å². The lowest BCUT2D eigenvalue weighted by molar-refractivity contribution is -0.0425. The average Bonchev–Trinajstić information content (AvgIpc) is 3.31. The highest BCUT2D eigenvalue weighted by Gasteiger charge is 2.47. The zero-order valence-corrected chi connectivity index (χ0v) is 20.3. The number of alkyl halides is 1. The molecule has 5 atom stereocenters. The third-order valence-corrected chi connectivity index (χ3v) is 8.69. The lowest BCUT2D eigenvalue weighted by Gasteiger charge is -2.18. The van der Waals surface area contributed by atoms with Crippen molar-refractivity contribution in [1.82, 2.24) is 19.5 Å². The fourth-order valence-corrected chi connectivity index (χ4v) is 6.24. The Morgan fingerprint density at radius 2 is 1.91 bits per heavy atom. The Balaban J connectivity index is 1.52. The number of aromatic nitrogens is 4. The monoisotopic (exact) mass is 551 g/mol. The van der Waals surface area contributed by atoms with Gasteiger partial charge < -0.3 is 34.4 Å². The first-order chi connectivity index (χ1) is 16.4. The Morgan fingerprint density at radius 3 is 2.60 bits per heavy atom. The van der Waals surface area contributed by atoms with Crippen LogP contribution in [0.5, 0.6) is 0 Å². The summed E-state index contributed by atoms with van der Waals surface area (Å²) in [6, 6.07) is 9.44. The van der Waals surface area contributed by atoms with Crippen LogP contribution in [0.4, 0.5) is 10.2 Å². The van der Waals surface area contributed by atoms with Gasteiger partial charge in [0.15, 0.2) is 35.3 Å². The second-order valence-electron chi connectivity index (χ2n) is 7.74. The number of hydrogen-bond donors (Lipinski definition) is 5. The summed E-state index contributed by atoms with van der Waals surface area (Å²) < 4.78 is 49.1. The summed E-state index contributed by atoms with van der Waals surface area (Å²) in [5.74, 6) is -1.14. The van der Waals surface area contributed by atoms with Gasteiger partial charge in [0.1, 0.15) is 12.2 Å². The zero-order chi connectivity index (χ0) is 25.4. The van der Waals surface area contributed by atoms with Crippen molar-refractivity contribution in [3.05, 3.63) is 47.5 Å². The van der Waals surface area contributed by atoms with Crippen molar-refractivity contribution in [3.63, 3.8) is 0 Å². The number of anilines is 1. The molecule has 0 bridgehead atoms. The van der Waals surface area contributed by atoms with Crippen molar-refractivity contribution >= 4 is 43.8 Å².